The zero-order valence-corrected chi connectivity index (χ0v) is 7.11. The van der Waals surface area contributed by atoms with Crippen LogP contribution in [0, 0.1) is 0 Å². The number of Topliss-reactive ketones (excluding diaryl/α,β-unsaturated/α-hetero) is 1. The molecule has 0 saturated carbocycles. The third kappa shape index (κ3) is 1.89. The molecular formula is C9H11NO2. The van der Waals surface area contributed by atoms with Crippen LogP contribution in [0.1, 0.15) is 24.2 Å². The van der Waals surface area contributed by atoms with Gasteiger partial charge in [0, 0.05) is 18.0 Å². The summed E-state index contributed by atoms with van der Waals surface area (Å²) >= 11 is 0. The fraction of sp³-hybridized carbons (Fsp3) is 0.333. The Morgan fingerprint density at radius 1 is 1.42 bits per heavy atom. The second-order valence-electron chi connectivity index (χ2n) is 3.12. The summed E-state index contributed by atoms with van der Waals surface area (Å²) in [5.74, 6) is -0.287. The van der Waals surface area contributed by atoms with Gasteiger partial charge in [-0.3, -0.25) is 9.78 Å². The van der Waals surface area contributed by atoms with Crippen molar-refractivity contribution < 1.29 is 9.90 Å². The summed E-state index contributed by atoms with van der Waals surface area (Å²) in [7, 11) is 0. The number of pyridine rings is 1. The van der Waals surface area contributed by atoms with Gasteiger partial charge in [-0.25, -0.2) is 0 Å². The molecule has 0 bridgehead atoms. The number of hydrogen-bond acceptors (Lipinski definition) is 3. The molecule has 3 nitrogen and oxygen atoms in total. The van der Waals surface area contributed by atoms with E-state index in [1.807, 2.05) is 0 Å². The summed E-state index contributed by atoms with van der Waals surface area (Å²) in [6.45, 7) is 2.94. The Balaban J connectivity index is 2.94. The first-order chi connectivity index (χ1) is 5.52. The molecule has 0 aromatic carbocycles. The number of carbonyl (C=O) groups excluding carboxylic acids is 1. The smallest absolute Gasteiger partial charge is 0.193 e. The highest BCUT2D eigenvalue weighted by Crippen LogP contribution is 2.10. The van der Waals surface area contributed by atoms with Crippen LogP contribution >= 0.6 is 0 Å². The molecule has 1 aromatic rings. The lowest BCUT2D eigenvalue weighted by atomic mass is 9.98. The normalized spacial score (nSPS) is 11.2. The van der Waals surface area contributed by atoms with E-state index in [1.54, 1.807) is 12.1 Å². The van der Waals surface area contributed by atoms with Gasteiger partial charge in [-0.15, -0.1) is 0 Å². The van der Waals surface area contributed by atoms with Crippen molar-refractivity contribution in [1.29, 1.82) is 0 Å². The fourth-order valence-electron chi connectivity index (χ4n) is 0.857. The van der Waals surface area contributed by atoms with Crippen molar-refractivity contribution in [1.82, 2.24) is 4.98 Å². The molecule has 0 saturated heterocycles. The van der Waals surface area contributed by atoms with E-state index < -0.39 is 5.60 Å². The van der Waals surface area contributed by atoms with Gasteiger partial charge in [-0.05, 0) is 26.0 Å². The maximum absolute atomic E-state index is 11.4. The molecule has 0 aliphatic carbocycles. The second kappa shape index (κ2) is 3.03. The number of aromatic nitrogens is 1. The van der Waals surface area contributed by atoms with E-state index >= 15 is 0 Å². The average Bonchev–Trinajstić information content (AvgIpc) is 2.03. The van der Waals surface area contributed by atoms with Crippen LogP contribution in [0.3, 0.4) is 0 Å². The van der Waals surface area contributed by atoms with Crippen LogP contribution in [-0.4, -0.2) is 21.5 Å². The first-order valence-corrected chi connectivity index (χ1v) is 3.69. The van der Waals surface area contributed by atoms with Gasteiger partial charge in [0.1, 0.15) is 5.60 Å². The fourth-order valence-corrected chi connectivity index (χ4v) is 0.857. The van der Waals surface area contributed by atoms with Crippen molar-refractivity contribution in [2.75, 3.05) is 0 Å². The molecule has 0 unspecified atom stereocenters. The third-order valence-corrected chi connectivity index (χ3v) is 1.50. The van der Waals surface area contributed by atoms with Gasteiger partial charge >= 0.3 is 0 Å². The first-order valence-electron chi connectivity index (χ1n) is 3.69. The highest BCUT2D eigenvalue weighted by Gasteiger charge is 2.24. The van der Waals surface area contributed by atoms with E-state index in [0.29, 0.717) is 5.56 Å². The van der Waals surface area contributed by atoms with E-state index in [0.717, 1.165) is 0 Å². The molecule has 3 heteroatoms. The maximum Gasteiger partial charge on any atom is 0.193 e. The van der Waals surface area contributed by atoms with Gasteiger partial charge < -0.3 is 5.11 Å². The van der Waals surface area contributed by atoms with Crippen LogP contribution < -0.4 is 0 Å². The van der Waals surface area contributed by atoms with Gasteiger partial charge in [-0.2, -0.15) is 0 Å². The quantitative estimate of drug-likeness (QED) is 0.666. The van der Waals surface area contributed by atoms with Crippen molar-refractivity contribution in [2.24, 2.45) is 0 Å². The monoisotopic (exact) mass is 165 g/mol. The lowest BCUT2D eigenvalue weighted by Gasteiger charge is -2.14. The lowest BCUT2D eigenvalue weighted by molar-refractivity contribution is 0.0488. The molecule has 1 N–H and O–H groups in total. The molecule has 64 valence electrons. The predicted octanol–water partition coefficient (Wildman–Crippen LogP) is 1.04. The number of carbonyl (C=O) groups is 1. The van der Waals surface area contributed by atoms with Gasteiger partial charge in [-0.1, -0.05) is 0 Å². The van der Waals surface area contributed by atoms with Gasteiger partial charge in [0.25, 0.3) is 0 Å². The van der Waals surface area contributed by atoms with Crippen molar-refractivity contribution >= 4 is 5.78 Å². The maximum atomic E-state index is 11.4. The topological polar surface area (TPSA) is 50.2 Å². The molecular weight excluding hydrogens is 154 g/mol. The van der Waals surface area contributed by atoms with Crippen LogP contribution in [0.5, 0.6) is 0 Å². The Morgan fingerprint density at radius 2 is 1.92 bits per heavy atom. The summed E-state index contributed by atoms with van der Waals surface area (Å²) in [4.78, 5) is 15.2. The Labute approximate surface area is 71.1 Å². The number of ketones is 1. The molecule has 0 spiro atoms. The van der Waals surface area contributed by atoms with E-state index in [9.17, 15) is 9.90 Å². The summed E-state index contributed by atoms with van der Waals surface area (Å²) in [5.41, 5.74) is -0.820. The SMILES string of the molecule is CC(C)(O)C(=O)c1ccncc1. The Hall–Kier alpha value is -1.22. The van der Waals surface area contributed by atoms with Crippen LogP contribution in [0.2, 0.25) is 0 Å². The zero-order chi connectivity index (χ0) is 9.19. The van der Waals surface area contributed by atoms with Gasteiger partial charge in [0.15, 0.2) is 5.78 Å². The highest BCUT2D eigenvalue weighted by molar-refractivity contribution is 6.01. The Morgan fingerprint density at radius 3 is 2.33 bits per heavy atom. The van der Waals surface area contributed by atoms with E-state index in [2.05, 4.69) is 4.98 Å². The van der Waals surface area contributed by atoms with Crippen LogP contribution in [0.15, 0.2) is 24.5 Å². The average molecular weight is 165 g/mol. The molecule has 1 heterocycles. The van der Waals surface area contributed by atoms with Crippen molar-refractivity contribution in [2.45, 2.75) is 19.4 Å². The van der Waals surface area contributed by atoms with Crippen LogP contribution in [0.4, 0.5) is 0 Å². The van der Waals surface area contributed by atoms with Crippen molar-refractivity contribution in [3.63, 3.8) is 0 Å². The number of rotatable bonds is 2. The van der Waals surface area contributed by atoms with Crippen LogP contribution in [-0.2, 0) is 0 Å². The highest BCUT2D eigenvalue weighted by atomic mass is 16.3. The molecule has 12 heavy (non-hydrogen) atoms. The number of hydrogen-bond donors (Lipinski definition) is 1. The Kier molecular flexibility index (Phi) is 2.24. The predicted molar refractivity (Wildman–Crippen MR) is 44.9 cm³/mol. The van der Waals surface area contributed by atoms with E-state index in [-0.39, 0.29) is 5.78 Å². The van der Waals surface area contributed by atoms with Crippen molar-refractivity contribution in [3.05, 3.63) is 30.1 Å². The standard InChI is InChI=1S/C9H11NO2/c1-9(2,12)8(11)7-3-5-10-6-4-7/h3-6,12H,1-2H3. The summed E-state index contributed by atoms with van der Waals surface area (Å²) in [5, 5.41) is 9.37. The second-order valence-corrected chi connectivity index (χ2v) is 3.12. The number of nitrogens with zero attached hydrogens (tertiary/aromatic N) is 1. The molecule has 0 fully saturated rings. The molecule has 0 radical (unpaired) electrons. The minimum atomic E-state index is -1.30. The largest absolute Gasteiger partial charge is 0.382 e. The van der Waals surface area contributed by atoms with Crippen molar-refractivity contribution in [3.8, 4) is 0 Å². The van der Waals surface area contributed by atoms with Gasteiger partial charge in [0.2, 0.25) is 0 Å². The molecule has 0 atom stereocenters. The van der Waals surface area contributed by atoms with E-state index in [4.69, 9.17) is 0 Å². The lowest BCUT2D eigenvalue weighted by Crippen LogP contribution is -2.30. The molecule has 0 aliphatic rings. The molecule has 0 aliphatic heterocycles. The summed E-state index contributed by atoms with van der Waals surface area (Å²) in [6.07, 6.45) is 3.05. The molecule has 1 rings (SSSR count). The number of aliphatic hydroxyl groups is 1. The summed E-state index contributed by atoms with van der Waals surface area (Å²) < 4.78 is 0. The minimum Gasteiger partial charge on any atom is -0.382 e. The first kappa shape index (κ1) is 8.87. The van der Waals surface area contributed by atoms with E-state index in [1.165, 1.54) is 26.2 Å². The van der Waals surface area contributed by atoms with Gasteiger partial charge in [0.05, 0.1) is 0 Å². The molecule has 1 aromatic heterocycles. The van der Waals surface area contributed by atoms with Crippen LogP contribution in [0.25, 0.3) is 0 Å². The zero-order valence-electron chi connectivity index (χ0n) is 7.11. The third-order valence-electron chi connectivity index (χ3n) is 1.50. The Bertz CT molecular complexity index is 274. The summed E-state index contributed by atoms with van der Waals surface area (Å²) in [6, 6.07) is 3.17. The molecule has 0 amide bonds. The minimum absolute atomic E-state index is 0.287.